The van der Waals surface area contributed by atoms with Crippen LogP contribution >= 0.6 is 0 Å². The molecule has 1 aliphatic rings. The van der Waals surface area contributed by atoms with Crippen molar-refractivity contribution < 1.29 is 14.3 Å². The highest BCUT2D eigenvalue weighted by Gasteiger charge is 2.23. The SMILES string of the molecule is CCOC(=O)c1cnc(Nc2ccccn2)nc1Nc1cccc2c1OCCc1nn(C)cc1-2. The molecule has 0 radical (unpaired) electrons. The first-order valence-corrected chi connectivity index (χ1v) is 10.9. The van der Waals surface area contributed by atoms with Crippen LogP contribution in [0.5, 0.6) is 5.75 Å². The number of pyridine rings is 1. The van der Waals surface area contributed by atoms with E-state index < -0.39 is 5.97 Å². The average Bonchev–Trinajstić information content (AvgIpc) is 3.12. The predicted octanol–water partition coefficient (Wildman–Crippen LogP) is 3.87. The van der Waals surface area contributed by atoms with Crippen LogP contribution in [0.25, 0.3) is 11.1 Å². The van der Waals surface area contributed by atoms with Crippen LogP contribution < -0.4 is 15.4 Å². The van der Waals surface area contributed by atoms with Crippen molar-refractivity contribution in [3.63, 3.8) is 0 Å². The molecule has 10 heteroatoms. The zero-order valence-corrected chi connectivity index (χ0v) is 18.8. The molecule has 0 saturated carbocycles. The number of aryl methyl sites for hydroxylation is 1. The average molecular weight is 457 g/mol. The summed E-state index contributed by atoms with van der Waals surface area (Å²) >= 11 is 0. The first-order chi connectivity index (χ1) is 16.6. The molecule has 0 saturated heterocycles. The van der Waals surface area contributed by atoms with Gasteiger partial charge < -0.3 is 20.1 Å². The number of para-hydroxylation sites is 1. The van der Waals surface area contributed by atoms with Crippen molar-refractivity contribution in [2.24, 2.45) is 7.05 Å². The summed E-state index contributed by atoms with van der Waals surface area (Å²) in [4.78, 5) is 25.7. The molecular weight excluding hydrogens is 434 g/mol. The fourth-order valence-corrected chi connectivity index (χ4v) is 3.77. The maximum Gasteiger partial charge on any atom is 0.343 e. The molecule has 5 rings (SSSR count). The van der Waals surface area contributed by atoms with Crippen molar-refractivity contribution in [2.75, 3.05) is 23.8 Å². The number of aromatic nitrogens is 5. The summed E-state index contributed by atoms with van der Waals surface area (Å²) < 4.78 is 13.1. The van der Waals surface area contributed by atoms with E-state index in [4.69, 9.17) is 9.47 Å². The van der Waals surface area contributed by atoms with E-state index in [9.17, 15) is 4.79 Å². The fourth-order valence-electron chi connectivity index (χ4n) is 3.77. The number of ether oxygens (including phenoxy) is 2. The zero-order chi connectivity index (χ0) is 23.5. The van der Waals surface area contributed by atoms with Crippen molar-refractivity contribution in [1.29, 1.82) is 0 Å². The minimum Gasteiger partial charge on any atom is -0.490 e. The first kappa shape index (κ1) is 21.4. The fraction of sp³-hybridized carbons (Fsp3) is 0.208. The lowest BCUT2D eigenvalue weighted by molar-refractivity contribution is 0.0526. The molecule has 0 spiro atoms. The first-order valence-electron chi connectivity index (χ1n) is 10.9. The number of esters is 1. The number of fused-ring (bicyclic) bond motifs is 3. The topological polar surface area (TPSA) is 116 Å². The van der Waals surface area contributed by atoms with Crippen LogP contribution in [-0.2, 0) is 18.2 Å². The highest BCUT2D eigenvalue weighted by molar-refractivity contribution is 5.96. The Morgan fingerprint density at radius 2 is 2.06 bits per heavy atom. The normalized spacial score (nSPS) is 12.1. The van der Waals surface area contributed by atoms with Crippen molar-refractivity contribution in [1.82, 2.24) is 24.7 Å². The zero-order valence-electron chi connectivity index (χ0n) is 18.8. The second-order valence-electron chi connectivity index (χ2n) is 7.59. The second-order valence-corrected chi connectivity index (χ2v) is 7.59. The third-order valence-electron chi connectivity index (χ3n) is 5.24. The standard InChI is InChI=1S/C24H23N7O3/c1-3-33-23(32)16-13-26-24(28-20-9-4-5-11-25-20)29-22(16)27-19-8-6-7-15-17-14-31(2)30-18(17)10-12-34-21(15)19/h4-9,11,13-14H,3,10,12H2,1-2H3,(H2,25,26,27,28,29). The minimum absolute atomic E-state index is 0.210. The lowest BCUT2D eigenvalue weighted by Crippen LogP contribution is -2.12. The molecule has 0 atom stereocenters. The number of benzene rings is 1. The van der Waals surface area contributed by atoms with Gasteiger partial charge in [-0.15, -0.1) is 0 Å². The van der Waals surface area contributed by atoms with E-state index in [0.29, 0.717) is 36.1 Å². The van der Waals surface area contributed by atoms with E-state index in [1.807, 2.05) is 43.6 Å². The van der Waals surface area contributed by atoms with E-state index in [1.165, 1.54) is 6.20 Å². The molecule has 0 fully saturated rings. The highest BCUT2D eigenvalue weighted by atomic mass is 16.5. The summed E-state index contributed by atoms with van der Waals surface area (Å²) in [5.41, 5.74) is 3.80. The molecular formula is C24H23N7O3. The van der Waals surface area contributed by atoms with E-state index in [1.54, 1.807) is 23.9 Å². The van der Waals surface area contributed by atoms with Gasteiger partial charge in [0.05, 0.1) is 24.6 Å². The Balaban J connectivity index is 1.54. The summed E-state index contributed by atoms with van der Waals surface area (Å²) in [6, 6.07) is 11.3. The second kappa shape index (κ2) is 9.18. The Morgan fingerprint density at radius 1 is 1.15 bits per heavy atom. The van der Waals surface area contributed by atoms with Crippen molar-refractivity contribution in [2.45, 2.75) is 13.3 Å². The van der Waals surface area contributed by atoms with Gasteiger partial charge in [0.1, 0.15) is 11.4 Å². The van der Waals surface area contributed by atoms with E-state index >= 15 is 0 Å². The number of nitrogens with zero attached hydrogens (tertiary/aromatic N) is 5. The maximum absolute atomic E-state index is 12.6. The van der Waals surface area contributed by atoms with Gasteiger partial charge >= 0.3 is 5.97 Å². The van der Waals surface area contributed by atoms with Crippen molar-refractivity contribution >= 4 is 29.2 Å². The van der Waals surface area contributed by atoms with Crippen molar-refractivity contribution in [3.05, 3.63) is 66.2 Å². The van der Waals surface area contributed by atoms with Gasteiger partial charge in [-0.3, -0.25) is 4.68 Å². The van der Waals surface area contributed by atoms with Crippen LogP contribution in [0.3, 0.4) is 0 Å². The highest BCUT2D eigenvalue weighted by Crippen LogP contribution is 2.41. The molecule has 4 aromatic rings. The molecule has 4 heterocycles. The Morgan fingerprint density at radius 3 is 2.88 bits per heavy atom. The summed E-state index contributed by atoms with van der Waals surface area (Å²) in [6.45, 7) is 2.47. The number of carbonyl (C=O) groups is 1. The molecule has 172 valence electrons. The third kappa shape index (κ3) is 4.25. The largest absolute Gasteiger partial charge is 0.490 e. The van der Waals surface area contributed by atoms with Gasteiger partial charge in [-0.25, -0.2) is 14.8 Å². The Bertz CT molecular complexity index is 1340. The Labute approximate surface area is 196 Å². The lowest BCUT2D eigenvalue weighted by atomic mass is 10.0. The smallest absolute Gasteiger partial charge is 0.343 e. The van der Waals surface area contributed by atoms with Crippen LogP contribution in [0.15, 0.2) is 55.0 Å². The van der Waals surface area contributed by atoms with Gasteiger partial charge in [0.15, 0.2) is 11.6 Å². The van der Waals surface area contributed by atoms with Crippen LogP contribution in [0.2, 0.25) is 0 Å². The van der Waals surface area contributed by atoms with Gasteiger partial charge in [-0.2, -0.15) is 10.1 Å². The molecule has 1 aliphatic heterocycles. The molecule has 0 bridgehead atoms. The molecule has 0 aliphatic carbocycles. The number of hydrogen-bond acceptors (Lipinski definition) is 9. The van der Waals surface area contributed by atoms with Gasteiger partial charge in [-0.1, -0.05) is 18.2 Å². The van der Waals surface area contributed by atoms with Crippen LogP contribution in [0.1, 0.15) is 23.0 Å². The summed E-state index contributed by atoms with van der Waals surface area (Å²) in [5, 5.41) is 10.9. The number of hydrogen-bond donors (Lipinski definition) is 2. The number of anilines is 4. The number of carbonyl (C=O) groups excluding carboxylic acids is 1. The molecule has 34 heavy (non-hydrogen) atoms. The Hall–Kier alpha value is -4.47. The van der Waals surface area contributed by atoms with Gasteiger partial charge in [0.25, 0.3) is 0 Å². The third-order valence-corrected chi connectivity index (χ3v) is 5.24. The molecule has 10 nitrogen and oxygen atoms in total. The number of nitrogens with one attached hydrogen (secondary N) is 2. The van der Waals surface area contributed by atoms with Crippen LogP contribution in [-0.4, -0.2) is 43.9 Å². The molecule has 2 N–H and O–H groups in total. The van der Waals surface area contributed by atoms with Gasteiger partial charge in [0, 0.05) is 43.2 Å². The van der Waals surface area contributed by atoms with Gasteiger partial charge in [0.2, 0.25) is 5.95 Å². The lowest BCUT2D eigenvalue weighted by Gasteiger charge is -2.16. The van der Waals surface area contributed by atoms with Crippen LogP contribution in [0, 0.1) is 0 Å². The molecule has 0 unspecified atom stereocenters. The van der Waals surface area contributed by atoms with Crippen molar-refractivity contribution in [3.8, 4) is 16.9 Å². The number of rotatable bonds is 6. The van der Waals surface area contributed by atoms with Gasteiger partial charge in [-0.05, 0) is 25.1 Å². The summed E-state index contributed by atoms with van der Waals surface area (Å²) in [5.74, 6) is 1.30. The monoisotopic (exact) mass is 457 g/mol. The predicted molar refractivity (Wildman–Crippen MR) is 127 cm³/mol. The Kier molecular flexibility index (Phi) is 5.77. The molecule has 3 aromatic heterocycles. The van der Waals surface area contributed by atoms with Crippen LogP contribution in [0.4, 0.5) is 23.3 Å². The quantitative estimate of drug-likeness (QED) is 0.416. The van der Waals surface area contributed by atoms with E-state index in [0.717, 1.165) is 16.8 Å². The maximum atomic E-state index is 12.6. The minimum atomic E-state index is -0.521. The molecule has 1 aromatic carbocycles. The summed E-state index contributed by atoms with van der Waals surface area (Å²) in [7, 11) is 1.90. The molecule has 0 amide bonds. The van der Waals surface area contributed by atoms with E-state index in [2.05, 4.69) is 30.7 Å². The summed E-state index contributed by atoms with van der Waals surface area (Å²) in [6.07, 6.45) is 5.78. The van der Waals surface area contributed by atoms with E-state index in [-0.39, 0.29) is 18.1 Å².